The minimum absolute atomic E-state index is 0.0100. The van der Waals surface area contributed by atoms with Crippen molar-refractivity contribution in [3.05, 3.63) is 24.2 Å². The van der Waals surface area contributed by atoms with Crippen LogP contribution in [0, 0.1) is 45.8 Å². The number of Topliss-reactive ketones (excluding diaryl/α,β-unsaturated/α-hetero) is 1. The van der Waals surface area contributed by atoms with E-state index in [1.54, 1.807) is 12.5 Å². The molecule has 224 valence electrons. The highest BCUT2D eigenvalue weighted by atomic mass is 16.6. The number of carbonyl (C=O) groups is 4. The Balaban J connectivity index is 1.48. The number of rotatable bonds is 6. The van der Waals surface area contributed by atoms with E-state index in [-0.39, 0.29) is 48.3 Å². The molecule has 0 aromatic carbocycles. The van der Waals surface area contributed by atoms with Gasteiger partial charge in [-0.05, 0) is 31.2 Å². The van der Waals surface area contributed by atoms with Crippen LogP contribution in [-0.4, -0.2) is 48.6 Å². The number of fused-ring (bicyclic) bond motifs is 5. The van der Waals surface area contributed by atoms with E-state index < -0.39 is 58.0 Å². The van der Waals surface area contributed by atoms with E-state index in [0.29, 0.717) is 19.3 Å². The fourth-order valence-electron chi connectivity index (χ4n) is 9.71. The summed E-state index contributed by atoms with van der Waals surface area (Å²) in [6.45, 7) is 11.9. The summed E-state index contributed by atoms with van der Waals surface area (Å²) in [6, 6.07) is 1.83. The SMILES string of the molecule is CCC(C)C(=O)O[C@@H]1[C@@H]2C(=O)[C@@](C)([C@H]3CC[C@]4(C)[C@@H](CC(=O)O[C@H]4c4ccoc4)[C@]34O[C@H]24)[C@@H](CC(=O)OC)C1(C)C. The second kappa shape index (κ2) is 9.16. The van der Waals surface area contributed by atoms with Crippen LogP contribution < -0.4 is 0 Å². The third kappa shape index (κ3) is 3.63. The smallest absolute Gasteiger partial charge is 0.308 e. The molecule has 41 heavy (non-hydrogen) atoms. The predicted octanol–water partition coefficient (Wildman–Crippen LogP) is 4.82. The highest BCUT2D eigenvalue weighted by Crippen LogP contribution is 2.77. The first-order valence-electron chi connectivity index (χ1n) is 15.0. The van der Waals surface area contributed by atoms with Crippen LogP contribution in [-0.2, 0) is 38.1 Å². The second-order valence-electron chi connectivity index (χ2n) is 14.2. The maximum atomic E-state index is 14.6. The van der Waals surface area contributed by atoms with Crippen molar-refractivity contribution in [2.75, 3.05) is 7.11 Å². The van der Waals surface area contributed by atoms with Gasteiger partial charge in [-0.25, -0.2) is 0 Å². The van der Waals surface area contributed by atoms with Gasteiger partial charge in [0.2, 0.25) is 0 Å². The summed E-state index contributed by atoms with van der Waals surface area (Å²) >= 11 is 0. The van der Waals surface area contributed by atoms with Crippen molar-refractivity contribution in [3.63, 3.8) is 0 Å². The minimum Gasteiger partial charge on any atom is -0.472 e. The number of esters is 3. The minimum atomic E-state index is -0.942. The Morgan fingerprint density at radius 1 is 1.15 bits per heavy atom. The van der Waals surface area contributed by atoms with Gasteiger partial charge in [-0.2, -0.15) is 0 Å². The number of ether oxygens (including phenoxy) is 4. The first-order valence-corrected chi connectivity index (χ1v) is 15.0. The molecule has 2 saturated heterocycles. The fourth-order valence-corrected chi connectivity index (χ4v) is 9.71. The lowest BCUT2D eigenvalue weighted by atomic mass is 9.37. The maximum absolute atomic E-state index is 14.6. The summed E-state index contributed by atoms with van der Waals surface area (Å²) in [4.78, 5) is 53.9. The largest absolute Gasteiger partial charge is 0.472 e. The van der Waals surface area contributed by atoms with Crippen molar-refractivity contribution >= 4 is 23.7 Å². The Hall–Kier alpha value is -2.68. The van der Waals surface area contributed by atoms with E-state index in [9.17, 15) is 19.2 Å². The summed E-state index contributed by atoms with van der Waals surface area (Å²) < 4.78 is 29.5. The highest BCUT2D eigenvalue weighted by molar-refractivity contribution is 5.93. The van der Waals surface area contributed by atoms with Gasteiger partial charge in [0, 0.05) is 40.1 Å². The van der Waals surface area contributed by atoms with Gasteiger partial charge in [-0.1, -0.05) is 41.5 Å². The molecule has 9 nitrogen and oxygen atoms in total. The molecular weight excluding hydrogens is 528 g/mol. The molecule has 1 aromatic rings. The Morgan fingerprint density at radius 3 is 2.51 bits per heavy atom. The molecule has 5 aliphatic rings. The molecule has 11 atom stereocenters. The number of furan rings is 1. The topological polar surface area (TPSA) is 122 Å². The molecule has 9 heteroatoms. The standard InChI is InChI=1S/C32H42O9/c1-8-16(2)28(36)40-26-23-24(35)31(6,19(29(26,3)4)13-21(33)37-7)18-9-11-30(5)20(32(18)27(23)41-32)14-22(34)39-25(30)17-10-12-38-15-17/h10,12,15-16,18-20,23,25-27H,8-9,11,13-14H2,1-7H3/t16?,18-,19+,20-,23+,25+,26-,27-,30-,31+,32-/m1/s1. The zero-order chi connectivity index (χ0) is 29.7. The molecule has 0 N–H and O–H groups in total. The zero-order valence-electron chi connectivity index (χ0n) is 25.1. The molecule has 1 spiro atoms. The molecule has 2 aliphatic heterocycles. The average Bonchev–Trinajstić information content (AvgIpc) is 3.39. The number of hydrogen-bond donors (Lipinski definition) is 0. The zero-order valence-corrected chi connectivity index (χ0v) is 25.1. The van der Waals surface area contributed by atoms with Crippen LogP contribution in [0.25, 0.3) is 0 Å². The van der Waals surface area contributed by atoms with Gasteiger partial charge in [0.05, 0.1) is 37.9 Å². The molecule has 1 aromatic heterocycles. The number of cyclic esters (lactones) is 1. The number of hydrogen-bond acceptors (Lipinski definition) is 9. The van der Waals surface area contributed by atoms with Gasteiger partial charge in [0.1, 0.15) is 29.7 Å². The molecule has 0 amide bonds. The van der Waals surface area contributed by atoms with Crippen molar-refractivity contribution in [2.45, 2.75) is 97.6 Å². The summed E-state index contributed by atoms with van der Waals surface area (Å²) in [6.07, 6.45) is 3.64. The van der Waals surface area contributed by atoms with Crippen molar-refractivity contribution in [3.8, 4) is 0 Å². The van der Waals surface area contributed by atoms with Crippen LogP contribution in [0.2, 0.25) is 0 Å². The van der Waals surface area contributed by atoms with Gasteiger partial charge in [-0.3, -0.25) is 19.2 Å². The quantitative estimate of drug-likeness (QED) is 0.269. The molecule has 6 rings (SSSR count). The normalized spacial score (nSPS) is 44.4. The lowest BCUT2D eigenvalue weighted by Gasteiger charge is -2.65. The molecule has 3 saturated carbocycles. The molecule has 3 aliphatic carbocycles. The third-order valence-corrected chi connectivity index (χ3v) is 12.1. The molecule has 1 unspecified atom stereocenters. The second-order valence-corrected chi connectivity index (χ2v) is 14.2. The van der Waals surface area contributed by atoms with Crippen molar-refractivity contribution in [1.82, 2.24) is 0 Å². The van der Waals surface area contributed by atoms with Crippen LogP contribution in [0.3, 0.4) is 0 Å². The summed E-state index contributed by atoms with van der Waals surface area (Å²) in [5, 5.41) is 0. The van der Waals surface area contributed by atoms with Crippen LogP contribution in [0.5, 0.6) is 0 Å². The third-order valence-electron chi connectivity index (χ3n) is 12.1. The average molecular weight is 571 g/mol. The van der Waals surface area contributed by atoms with Crippen molar-refractivity contribution < 1.29 is 42.5 Å². The van der Waals surface area contributed by atoms with Gasteiger partial charge < -0.3 is 23.4 Å². The number of methoxy groups -OCH3 is 1. The number of epoxide rings is 1. The maximum Gasteiger partial charge on any atom is 0.308 e. The first-order chi connectivity index (χ1) is 19.3. The number of carbonyl (C=O) groups excluding carboxylic acids is 4. The number of ketones is 1. The van der Waals surface area contributed by atoms with Gasteiger partial charge in [-0.15, -0.1) is 0 Å². The summed E-state index contributed by atoms with van der Waals surface area (Å²) in [5.41, 5.74) is -2.07. The van der Waals surface area contributed by atoms with E-state index >= 15 is 0 Å². The van der Waals surface area contributed by atoms with Gasteiger partial charge in [0.15, 0.2) is 0 Å². The Labute approximate surface area is 241 Å². The van der Waals surface area contributed by atoms with Crippen molar-refractivity contribution in [2.24, 2.45) is 45.8 Å². The lowest BCUT2D eigenvalue weighted by Crippen LogP contribution is -2.72. The lowest BCUT2D eigenvalue weighted by molar-refractivity contribution is -0.222. The molecule has 3 heterocycles. The van der Waals surface area contributed by atoms with E-state index in [4.69, 9.17) is 23.4 Å². The van der Waals surface area contributed by atoms with E-state index in [1.165, 1.54) is 7.11 Å². The Kier molecular flexibility index (Phi) is 6.35. The summed E-state index contributed by atoms with van der Waals surface area (Å²) in [7, 11) is 1.35. The fraction of sp³-hybridized carbons (Fsp3) is 0.750. The van der Waals surface area contributed by atoms with Gasteiger partial charge in [0.25, 0.3) is 0 Å². The monoisotopic (exact) mass is 570 g/mol. The van der Waals surface area contributed by atoms with Crippen LogP contribution in [0.15, 0.2) is 23.0 Å². The Morgan fingerprint density at radius 2 is 1.88 bits per heavy atom. The molecular formula is C32H42O9. The molecule has 5 fully saturated rings. The van der Waals surface area contributed by atoms with E-state index in [2.05, 4.69) is 6.92 Å². The van der Waals surface area contributed by atoms with E-state index in [1.807, 2.05) is 40.7 Å². The highest BCUT2D eigenvalue weighted by Gasteiger charge is 2.86. The van der Waals surface area contributed by atoms with E-state index in [0.717, 1.165) is 5.56 Å². The van der Waals surface area contributed by atoms with Crippen LogP contribution in [0.4, 0.5) is 0 Å². The molecule has 2 bridgehead atoms. The molecule has 0 radical (unpaired) electrons. The first kappa shape index (κ1) is 28.4. The van der Waals surface area contributed by atoms with Crippen LogP contribution >= 0.6 is 0 Å². The van der Waals surface area contributed by atoms with Crippen LogP contribution in [0.1, 0.15) is 85.3 Å². The summed E-state index contributed by atoms with van der Waals surface area (Å²) in [5.74, 6) is -2.99. The Bertz CT molecular complexity index is 1270. The van der Waals surface area contributed by atoms with Crippen molar-refractivity contribution in [1.29, 1.82) is 0 Å². The predicted molar refractivity (Wildman–Crippen MR) is 144 cm³/mol. The van der Waals surface area contributed by atoms with Gasteiger partial charge >= 0.3 is 17.9 Å².